The molecule has 0 aliphatic heterocycles. The lowest BCUT2D eigenvalue weighted by atomic mass is 10.1. The minimum absolute atomic E-state index is 0.0516. The predicted octanol–water partition coefficient (Wildman–Crippen LogP) is 5.26. The molecule has 0 radical (unpaired) electrons. The fraction of sp³-hybridized carbons (Fsp3) is 0.0417. The average molecular weight is 462 g/mol. The molecule has 0 saturated heterocycles. The molecule has 2 aromatic heterocycles. The van der Waals surface area contributed by atoms with Crippen LogP contribution in [0.5, 0.6) is 11.5 Å². The van der Waals surface area contributed by atoms with Gasteiger partial charge in [0.15, 0.2) is 16.7 Å². The Morgan fingerprint density at radius 2 is 2.03 bits per heavy atom. The normalized spacial score (nSPS) is 10.4. The summed E-state index contributed by atoms with van der Waals surface area (Å²) in [6.45, 7) is 0. The zero-order valence-corrected chi connectivity index (χ0v) is 18.2. The standard InChI is InChI=1S/C24H16FN3O2S2/c1-2-15-5-3-4-6-16(15)13-22(29)28-24(31)27-17-7-8-20(18(25)14-17)30-21-9-11-26-19-10-12-32-23(19)21/h1,3-12,14H,13H2,(H2,27,28,29,31). The van der Waals surface area contributed by atoms with Crippen molar-refractivity contribution in [3.63, 3.8) is 0 Å². The Balaban J connectivity index is 1.39. The van der Waals surface area contributed by atoms with Gasteiger partial charge in [-0.05, 0) is 47.4 Å². The second-order valence-electron chi connectivity index (χ2n) is 6.67. The van der Waals surface area contributed by atoms with Crippen LogP contribution in [0.3, 0.4) is 0 Å². The van der Waals surface area contributed by atoms with Gasteiger partial charge in [-0.1, -0.05) is 24.1 Å². The molecule has 0 fully saturated rings. The van der Waals surface area contributed by atoms with Crippen LogP contribution in [-0.4, -0.2) is 16.0 Å². The summed E-state index contributed by atoms with van der Waals surface area (Å²) < 4.78 is 21.2. The lowest BCUT2D eigenvalue weighted by molar-refractivity contribution is -0.119. The highest BCUT2D eigenvalue weighted by atomic mass is 32.1. The van der Waals surface area contributed by atoms with E-state index in [4.69, 9.17) is 23.4 Å². The maximum atomic E-state index is 14.6. The van der Waals surface area contributed by atoms with Crippen LogP contribution in [-0.2, 0) is 11.2 Å². The largest absolute Gasteiger partial charge is 0.453 e. The number of thiocarbonyl (C=S) groups is 1. The topological polar surface area (TPSA) is 63.2 Å². The van der Waals surface area contributed by atoms with Gasteiger partial charge in [-0.25, -0.2) is 4.39 Å². The molecule has 0 spiro atoms. The second-order valence-corrected chi connectivity index (χ2v) is 8.00. The van der Waals surface area contributed by atoms with Gasteiger partial charge >= 0.3 is 0 Å². The summed E-state index contributed by atoms with van der Waals surface area (Å²) in [5, 5.41) is 7.32. The first-order chi connectivity index (χ1) is 15.5. The SMILES string of the molecule is C#Cc1ccccc1CC(=O)NC(=S)Nc1ccc(Oc2ccnc3ccsc23)c(F)c1. The summed E-state index contributed by atoms with van der Waals surface area (Å²) in [4.78, 5) is 16.5. The molecule has 5 nitrogen and oxygen atoms in total. The third-order valence-corrected chi connectivity index (χ3v) is 5.62. The highest BCUT2D eigenvalue weighted by Crippen LogP contribution is 2.34. The maximum Gasteiger partial charge on any atom is 0.230 e. The van der Waals surface area contributed by atoms with Gasteiger partial charge in [0.05, 0.1) is 16.6 Å². The molecule has 32 heavy (non-hydrogen) atoms. The van der Waals surface area contributed by atoms with Crippen molar-refractivity contribution in [1.29, 1.82) is 0 Å². The average Bonchev–Trinajstić information content (AvgIpc) is 3.25. The molecule has 0 unspecified atom stereocenters. The number of hydrogen-bond acceptors (Lipinski definition) is 5. The van der Waals surface area contributed by atoms with E-state index in [9.17, 15) is 9.18 Å². The molecule has 4 rings (SSSR count). The number of amides is 1. The van der Waals surface area contributed by atoms with Crippen molar-refractivity contribution in [2.75, 3.05) is 5.32 Å². The molecular formula is C24H16FN3O2S2. The molecule has 158 valence electrons. The van der Waals surface area contributed by atoms with Gasteiger partial charge in [0.1, 0.15) is 5.75 Å². The number of anilines is 1. The number of ether oxygens (including phenoxy) is 1. The molecule has 0 atom stereocenters. The van der Waals surface area contributed by atoms with Crippen molar-refractivity contribution in [2.45, 2.75) is 6.42 Å². The molecule has 2 N–H and O–H groups in total. The van der Waals surface area contributed by atoms with Crippen molar-refractivity contribution < 1.29 is 13.9 Å². The number of fused-ring (bicyclic) bond motifs is 1. The van der Waals surface area contributed by atoms with E-state index >= 15 is 0 Å². The van der Waals surface area contributed by atoms with E-state index in [1.165, 1.54) is 23.5 Å². The fourth-order valence-corrected chi connectivity index (χ4v) is 4.06. The number of halogens is 1. The number of thiophene rings is 1. The van der Waals surface area contributed by atoms with Crippen LogP contribution in [0.15, 0.2) is 66.2 Å². The summed E-state index contributed by atoms with van der Waals surface area (Å²) in [6.07, 6.45) is 7.15. The Hall–Kier alpha value is -3.80. The number of nitrogens with one attached hydrogen (secondary N) is 2. The number of rotatable bonds is 5. The summed E-state index contributed by atoms with van der Waals surface area (Å²) in [5.41, 5.74) is 2.53. The van der Waals surface area contributed by atoms with Gasteiger partial charge < -0.3 is 15.4 Å². The van der Waals surface area contributed by atoms with Gasteiger partial charge in [-0.2, -0.15) is 0 Å². The molecule has 0 bridgehead atoms. The summed E-state index contributed by atoms with van der Waals surface area (Å²) >= 11 is 6.64. The van der Waals surface area contributed by atoms with Gasteiger partial charge in [-0.3, -0.25) is 9.78 Å². The number of carbonyl (C=O) groups excluding carboxylic acids is 1. The molecule has 2 aromatic carbocycles. The second kappa shape index (κ2) is 9.56. The van der Waals surface area contributed by atoms with Crippen molar-refractivity contribution in [3.05, 3.63) is 83.1 Å². The lowest BCUT2D eigenvalue weighted by Crippen LogP contribution is -2.35. The van der Waals surface area contributed by atoms with Crippen LogP contribution in [0.4, 0.5) is 10.1 Å². The number of pyridine rings is 1. The molecule has 1 amide bonds. The van der Waals surface area contributed by atoms with Crippen LogP contribution >= 0.6 is 23.6 Å². The first-order valence-electron chi connectivity index (χ1n) is 9.48. The number of benzene rings is 2. The lowest BCUT2D eigenvalue weighted by Gasteiger charge is -2.12. The smallest absolute Gasteiger partial charge is 0.230 e. The van der Waals surface area contributed by atoms with Crippen LogP contribution in [0.25, 0.3) is 10.2 Å². The minimum atomic E-state index is -0.575. The highest BCUT2D eigenvalue weighted by molar-refractivity contribution is 7.80. The van der Waals surface area contributed by atoms with E-state index < -0.39 is 5.82 Å². The third kappa shape index (κ3) is 4.91. The molecule has 0 saturated carbocycles. The molecule has 4 aromatic rings. The fourth-order valence-electron chi connectivity index (χ4n) is 3.03. The Bertz CT molecular complexity index is 1360. The monoisotopic (exact) mass is 461 g/mol. The Kier molecular flexibility index (Phi) is 6.40. The number of hydrogen-bond donors (Lipinski definition) is 2. The van der Waals surface area contributed by atoms with Crippen LogP contribution < -0.4 is 15.4 Å². The molecule has 2 heterocycles. The van der Waals surface area contributed by atoms with Gasteiger partial charge in [0.25, 0.3) is 0 Å². The highest BCUT2D eigenvalue weighted by Gasteiger charge is 2.12. The minimum Gasteiger partial charge on any atom is -0.453 e. The number of aromatic nitrogens is 1. The quantitative estimate of drug-likeness (QED) is 0.313. The third-order valence-electron chi connectivity index (χ3n) is 4.49. The first-order valence-corrected chi connectivity index (χ1v) is 10.8. The van der Waals surface area contributed by atoms with Crippen LogP contribution in [0.1, 0.15) is 11.1 Å². The van der Waals surface area contributed by atoms with E-state index in [1.807, 2.05) is 23.6 Å². The van der Waals surface area contributed by atoms with Crippen LogP contribution in [0, 0.1) is 18.2 Å². The van der Waals surface area contributed by atoms with E-state index in [0.717, 1.165) is 15.8 Å². The number of terminal acetylenes is 1. The Morgan fingerprint density at radius 3 is 2.84 bits per heavy atom. The van der Waals surface area contributed by atoms with E-state index in [1.54, 1.807) is 30.5 Å². The Morgan fingerprint density at radius 1 is 1.19 bits per heavy atom. The van der Waals surface area contributed by atoms with E-state index in [-0.39, 0.29) is 23.2 Å². The van der Waals surface area contributed by atoms with Crippen LogP contribution in [0.2, 0.25) is 0 Å². The van der Waals surface area contributed by atoms with Crippen molar-refractivity contribution >= 4 is 50.5 Å². The van der Waals surface area contributed by atoms with E-state index in [0.29, 0.717) is 17.0 Å². The summed E-state index contributed by atoms with van der Waals surface area (Å²) in [6, 6.07) is 15.1. The summed E-state index contributed by atoms with van der Waals surface area (Å²) in [5.74, 6) is 2.24. The molecule has 8 heteroatoms. The first kappa shape index (κ1) is 21.4. The zero-order valence-electron chi connectivity index (χ0n) is 16.6. The van der Waals surface area contributed by atoms with Gasteiger partial charge in [-0.15, -0.1) is 17.8 Å². The zero-order chi connectivity index (χ0) is 22.5. The molecule has 0 aliphatic rings. The van der Waals surface area contributed by atoms with E-state index in [2.05, 4.69) is 21.5 Å². The van der Waals surface area contributed by atoms with Gasteiger partial charge in [0, 0.05) is 29.6 Å². The van der Waals surface area contributed by atoms with Crippen molar-refractivity contribution in [2.24, 2.45) is 0 Å². The predicted molar refractivity (Wildman–Crippen MR) is 129 cm³/mol. The molecular weight excluding hydrogens is 445 g/mol. The van der Waals surface area contributed by atoms with Crippen molar-refractivity contribution in [3.8, 4) is 23.8 Å². The Labute approximate surface area is 193 Å². The van der Waals surface area contributed by atoms with Crippen molar-refractivity contribution in [1.82, 2.24) is 10.3 Å². The maximum absolute atomic E-state index is 14.6. The number of nitrogens with zero attached hydrogens (tertiary/aromatic N) is 1. The summed E-state index contributed by atoms with van der Waals surface area (Å²) in [7, 11) is 0. The number of carbonyl (C=O) groups is 1. The molecule has 0 aliphatic carbocycles. The van der Waals surface area contributed by atoms with Gasteiger partial charge in [0.2, 0.25) is 5.91 Å².